The van der Waals surface area contributed by atoms with E-state index in [1.54, 1.807) is 18.2 Å². The number of carboxylic acids is 1. The monoisotopic (exact) mass is 593 g/mol. The van der Waals surface area contributed by atoms with Crippen molar-refractivity contribution in [1.29, 1.82) is 0 Å². The zero-order valence-electron chi connectivity index (χ0n) is 24.3. The Kier molecular flexibility index (Phi) is 6.51. The van der Waals surface area contributed by atoms with Gasteiger partial charge >= 0.3 is 0 Å². The maximum absolute atomic E-state index is 13.7. The largest absolute Gasteiger partial charge is 0.545 e. The van der Waals surface area contributed by atoms with Crippen LogP contribution in [0.15, 0.2) is 30.3 Å². The van der Waals surface area contributed by atoms with Crippen molar-refractivity contribution in [2.45, 2.75) is 51.4 Å². The third-order valence-corrected chi connectivity index (χ3v) is 10.1. The molecule has 3 aromatic rings. The van der Waals surface area contributed by atoms with Crippen LogP contribution in [0.2, 0.25) is 0 Å². The number of fused-ring (bicyclic) bond motifs is 4. The summed E-state index contributed by atoms with van der Waals surface area (Å²) in [4.78, 5) is 28.9. The van der Waals surface area contributed by atoms with E-state index in [4.69, 9.17) is 4.74 Å². The van der Waals surface area contributed by atoms with Gasteiger partial charge in [0.2, 0.25) is 5.36 Å². The summed E-state index contributed by atoms with van der Waals surface area (Å²) < 4.78 is 9.59. The number of ether oxygens (including phenoxy) is 1. The minimum atomic E-state index is -1.29. The number of aryl methyl sites for hydroxylation is 2. The molecular formula is C35H35N3O4S. The topological polar surface area (TPSA) is 84.7 Å². The fourth-order valence-corrected chi connectivity index (χ4v) is 8.34. The fraction of sp³-hybridized carbons (Fsp3) is 0.400. The second-order valence-corrected chi connectivity index (χ2v) is 12.8. The number of nitrogens with zero attached hydrogens (tertiary/aromatic N) is 2. The van der Waals surface area contributed by atoms with Crippen molar-refractivity contribution in [3.8, 4) is 11.5 Å². The first-order valence-corrected chi connectivity index (χ1v) is 16.3. The molecule has 220 valence electrons. The Bertz CT molecular complexity index is 1860. The molecule has 43 heavy (non-hydrogen) atoms. The Labute approximate surface area is 256 Å². The zero-order chi connectivity index (χ0) is 29.2. The summed E-state index contributed by atoms with van der Waals surface area (Å²) in [6, 6.07) is 9.38. The van der Waals surface area contributed by atoms with Crippen molar-refractivity contribution >= 4 is 35.8 Å². The number of anilines is 1. The van der Waals surface area contributed by atoms with Gasteiger partial charge in [-0.2, -0.15) is 12.6 Å². The number of carbonyl (C=O) groups is 2. The average molecular weight is 594 g/mol. The molecule has 1 N–H and O–H groups in total. The minimum Gasteiger partial charge on any atom is -0.545 e. The molecule has 5 heterocycles. The molecule has 0 saturated carbocycles. The smallest absolute Gasteiger partial charge is 0.251 e. The summed E-state index contributed by atoms with van der Waals surface area (Å²) in [7, 11) is 0. The van der Waals surface area contributed by atoms with Crippen LogP contribution in [0.3, 0.4) is 0 Å². The van der Waals surface area contributed by atoms with Crippen LogP contribution in [0.4, 0.5) is 5.69 Å². The second kappa shape index (κ2) is 10.4. The normalized spacial score (nSPS) is 17.7. The number of carboxylic acid groups (broad SMARTS) is 1. The summed E-state index contributed by atoms with van der Waals surface area (Å²) in [6.07, 6.45) is 8.01. The number of aromatic carboxylic acids is 1. The predicted octanol–water partition coefficient (Wildman–Crippen LogP) is 2.14. The molecule has 0 atom stereocenters. The number of rotatable bonds is 5. The Hall–Kier alpha value is -3.78. The molecule has 0 radical (unpaired) electrons. The van der Waals surface area contributed by atoms with Gasteiger partial charge in [0.05, 0.1) is 11.5 Å². The van der Waals surface area contributed by atoms with E-state index in [0.29, 0.717) is 23.4 Å². The van der Waals surface area contributed by atoms with E-state index in [1.807, 2.05) is 0 Å². The second-order valence-electron chi connectivity index (χ2n) is 12.3. The van der Waals surface area contributed by atoms with Crippen LogP contribution >= 0.6 is 12.6 Å². The van der Waals surface area contributed by atoms with E-state index in [0.717, 1.165) is 105 Å². The van der Waals surface area contributed by atoms with Gasteiger partial charge in [-0.1, -0.05) is 12.1 Å². The molecule has 3 aromatic carbocycles. The van der Waals surface area contributed by atoms with Crippen molar-refractivity contribution in [2.75, 3.05) is 43.4 Å². The molecule has 0 bridgehead atoms. The summed E-state index contributed by atoms with van der Waals surface area (Å²) in [5.74, 6) is 0.524. The first-order chi connectivity index (χ1) is 21.0. The number of carbonyl (C=O) groups excluding carboxylic acids is 2. The third-order valence-electron chi connectivity index (χ3n) is 9.86. The Morgan fingerprint density at radius 2 is 1.67 bits per heavy atom. The summed E-state index contributed by atoms with van der Waals surface area (Å²) >= 11 is 4.28. The van der Waals surface area contributed by atoms with Gasteiger partial charge in [-0.15, -0.1) is 0 Å². The number of hydrogen-bond donors (Lipinski definition) is 2. The Morgan fingerprint density at radius 3 is 2.49 bits per heavy atom. The van der Waals surface area contributed by atoms with Gasteiger partial charge < -0.3 is 24.9 Å². The molecule has 0 saturated heterocycles. The highest BCUT2D eigenvalue weighted by atomic mass is 32.1. The van der Waals surface area contributed by atoms with Gasteiger partial charge in [0.15, 0.2) is 0 Å². The summed E-state index contributed by atoms with van der Waals surface area (Å²) in [5.41, 5.74) is 8.71. The third kappa shape index (κ3) is 4.13. The van der Waals surface area contributed by atoms with Gasteiger partial charge in [0, 0.05) is 88.1 Å². The van der Waals surface area contributed by atoms with E-state index >= 15 is 0 Å². The molecule has 5 aliphatic heterocycles. The fourth-order valence-electron chi connectivity index (χ4n) is 8.23. The molecule has 5 aliphatic rings. The molecule has 0 aromatic heterocycles. The lowest BCUT2D eigenvalue weighted by Crippen LogP contribution is -2.45. The van der Waals surface area contributed by atoms with Crippen LogP contribution in [0.5, 0.6) is 11.5 Å². The number of thiol groups is 1. The molecular weight excluding hydrogens is 558 g/mol. The van der Waals surface area contributed by atoms with Crippen LogP contribution in [-0.4, -0.2) is 50.4 Å². The van der Waals surface area contributed by atoms with Gasteiger partial charge in [-0.05, 0) is 62.3 Å². The van der Waals surface area contributed by atoms with E-state index < -0.39 is 5.97 Å². The lowest BCUT2D eigenvalue weighted by molar-refractivity contribution is -0.255. The summed E-state index contributed by atoms with van der Waals surface area (Å²) in [5, 5.41) is 17.9. The molecule has 0 unspecified atom stereocenters. The van der Waals surface area contributed by atoms with Gasteiger partial charge in [-0.25, -0.2) is 4.58 Å². The lowest BCUT2D eigenvalue weighted by atomic mass is 9.80. The standard InChI is InChI=1S/C35H35N3O4S/c39-34(36-12-17-43)22-8-1-9-23(35(40)41)28(22)29-26-18-20-6-2-13-37-15-4-10-24(30(20)37)32(26)42-33-25-11-5-16-38-14-3-7-21(31(25)38)19-27(29)33/h1,8-9,18-19H,2-7,10-17H2,(H2-,36,39,40,41,43). The van der Waals surface area contributed by atoms with Crippen LogP contribution < -0.4 is 35.2 Å². The summed E-state index contributed by atoms with van der Waals surface area (Å²) in [6.45, 7) is 4.56. The highest BCUT2D eigenvalue weighted by Crippen LogP contribution is 2.49. The maximum Gasteiger partial charge on any atom is 0.251 e. The van der Waals surface area contributed by atoms with Gasteiger partial charge in [-0.3, -0.25) is 4.79 Å². The molecule has 0 fully saturated rings. The number of benzene rings is 3. The molecule has 0 spiro atoms. The van der Waals surface area contributed by atoms with E-state index in [2.05, 4.69) is 39.6 Å². The van der Waals surface area contributed by atoms with Gasteiger partial charge in [0.1, 0.15) is 24.6 Å². The first kappa shape index (κ1) is 26.8. The first-order valence-electron chi connectivity index (χ1n) is 15.7. The van der Waals surface area contributed by atoms with Crippen molar-refractivity contribution in [3.05, 3.63) is 85.4 Å². The minimum absolute atomic E-state index is 0.0216. The number of nitrogens with one attached hydrogen (secondary N) is 1. The molecule has 7 nitrogen and oxygen atoms in total. The highest BCUT2D eigenvalue weighted by Gasteiger charge is 2.37. The lowest BCUT2D eigenvalue weighted by Gasteiger charge is -2.39. The quantitative estimate of drug-likeness (QED) is 0.274. The zero-order valence-corrected chi connectivity index (χ0v) is 25.2. The van der Waals surface area contributed by atoms with Crippen molar-refractivity contribution < 1.29 is 19.4 Å². The van der Waals surface area contributed by atoms with Crippen LogP contribution in [0.25, 0.3) is 5.57 Å². The maximum atomic E-state index is 13.7. The highest BCUT2D eigenvalue weighted by molar-refractivity contribution is 7.80. The SMILES string of the molecule is O=C([O-])c1cccc(C(=O)NCCS)c1C1=c2cc3c4c(c2Oc2c1cc1c5c2CCCN5CCC1)CCC[N+]=4CCC3. The van der Waals surface area contributed by atoms with Crippen molar-refractivity contribution in [1.82, 2.24) is 9.89 Å². The van der Waals surface area contributed by atoms with Crippen molar-refractivity contribution in [3.63, 3.8) is 0 Å². The van der Waals surface area contributed by atoms with E-state index in [1.165, 1.54) is 33.3 Å². The molecule has 0 aliphatic carbocycles. The van der Waals surface area contributed by atoms with Crippen LogP contribution in [0.1, 0.15) is 79.8 Å². The van der Waals surface area contributed by atoms with Gasteiger partial charge in [0.25, 0.3) is 5.91 Å². The van der Waals surface area contributed by atoms with E-state index in [-0.39, 0.29) is 11.5 Å². The average Bonchev–Trinajstić information content (AvgIpc) is 3.03. The Morgan fingerprint density at radius 1 is 0.930 bits per heavy atom. The number of amides is 1. The van der Waals surface area contributed by atoms with Crippen LogP contribution in [-0.2, 0) is 25.7 Å². The molecule has 8 heteroatoms. The number of hydrogen-bond acceptors (Lipinski definition) is 6. The van der Waals surface area contributed by atoms with E-state index in [9.17, 15) is 14.7 Å². The predicted molar refractivity (Wildman–Crippen MR) is 167 cm³/mol. The van der Waals surface area contributed by atoms with Crippen LogP contribution in [0, 0.1) is 0 Å². The Balaban J connectivity index is 1.53. The molecule has 8 rings (SSSR count). The van der Waals surface area contributed by atoms with Crippen molar-refractivity contribution in [2.24, 2.45) is 0 Å². The molecule has 1 amide bonds.